The third-order valence-electron chi connectivity index (χ3n) is 8.19. The van der Waals surface area contributed by atoms with E-state index in [1.807, 2.05) is 0 Å². The van der Waals surface area contributed by atoms with Crippen molar-refractivity contribution in [1.82, 2.24) is 14.7 Å². The van der Waals surface area contributed by atoms with E-state index in [9.17, 15) is 24.4 Å². The Morgan fingerprint density at radius 2 is 1.76 bits per heavy atom. The summed E-state index contributed by atoms with van der Waals surface area (Å²) in [5.74, 6) is -1.84. The molecule has 41 heavy (non-hydrogen) atoms. The first-order valence-corrected chi connectivity index (χ1v) is 14.1. The van der Waals surface area contributed by atoms with Crippen molar-refractivity contribution < 1.29 is 23.9 Å². The molecule has 0 bridgehead atoms. The van der Waals surface area contributed by atoms with Crippen molar-refractivity contribution in [3.05, 3.63) is 63.6 Å². The number of hydrogen-bond donors (Lipinski definition) is 0. The minimum atomic E-state index is -1.42. The normalized spacial score (nSPS) is 24.3. The molecule has 0 aromatic heterocycles. The van der Waals surface area contributed by atoms with Crippen LogP contribution < -0.4 is 4.90 Å². The van der Waals surface area contributed by atoms with Crippen LogP contribution in [0.1, 0.15) is 36.8 Å². The zero-order valence-corrected chi connectivity index (χ0v) is 24.2. The van der Waals surface area contributed by atoms with Crippen LogP contribution in [0.3, 0.4) is 0 Å². The number of likely N-dealkylation sites (N-methyl/N-ethyl adjacent to an activating group) is 1. The van der Waals surface area contributed by atoms with E-state index in [0.717, 1.165) is 4.90 Å². The predicted octanol–water partition coefficient (Wildman–Crippen LogP) is 4.50. The number of hydrogen-bond acceptors (Lipinski definition) is 6. The van der Waals surface area contributed by atoms with Crippen LogP contribution in [0.2, 0.25) is 10.0 Å². The molecule has 0 saturated carbocycles. The monoisotopic (exact) mass is 597 g/mol. The van der Waals surface area contributed by atoms with Crippen molar-refractivity contribution in [2.75, 3.05) is 44.7 Å². The van der Waals surface area contributed by atoms with E-state index in [2.05, 4.69) is 6.07 Å². The zero-order chi connectivity index (χ0) is 29.5. The van der Waals surface area contributed by atoms with Gasteiger partial charge in [-0.1, -0.05) is 35.3 Å². The van der Waals surface area contributed by atoms with Gasteiger partial charge in [0.05, 0.1) is 36.4 Å². The molecule has 12 heteroatoms. The molecule has 3 saturated heterocycles. The van der Waals surface area contributed by atoms with Gasteiger partial charge >= 0.3 is 18.0 Å². The molecule has 3 heterocycles. The Bertz CT molecular complexity index is 1420. The maximum Gasteiger partial charge on any atom is 0.332 e. The molecule has 3 fully saturated rings. The lowest BCUT2D eigenvalue weighted by atomic mass is 9.80. The Balaban J connectivity index is 1.51. The van der Waals surface area contributed by atoms with Crippen molar-refractivity contribution in [3.8, 4) is 6.07 Å². The van der Waals surface area contributed by atoms with Gasteiger partial charge in [0.1, 0.15) is 5.54 Å². The quantitative estimate of drug-likeness (QED) is 0.379. The van der Waals surface area contributed by atoms with Gasteiger partial charge in [0.25, 0.3) is 5.91 Å². The summed E-state index contributed by atoms with van der Waals surface area (Å²) in [6.45, 7) is 2.80. The lowest BCUT2D eigenvalue weighted by Gasteiger charge is -2.35. The highest BCUT2D eigenvalue weighted by Crippen LogP contribution is 2.47. The standard InChI is InChI=1S/C29H29Cl2N5O5/c1-3-41-25(37)20-5-4-10-34(15-20)28(40)35-16-24(19-8-6-18(14-32)7-9-19)29(17-35)26(38)36(27(39)33(29)2)23-12-21(30)11-22(31)13-23/h6-9,11-13,20,24H,3-5,10,15-17H2,1-2H3. The van der Waals surface area contributed by atoms with Gasteiger partial charge in [0.15, 0.2) is 0 Å². The number of amides is 5. The van der Waals surface area contributed by atoms with Gasteiger partial charge in [-0.05, 0) is 55.7 Å². The molecule has 2 aromatic carbocycles. The van der Waals surface area contributed by atoms with Gasteiger partial charge < -0.3 is 19.4 Å². The van der Waals surface area contributed by atoms with Gasteiger partial charge in [-0.3, -0.25) is 9.59 Å². The number of carbonyl (C=O) groups is 4. The van der Waals surface area contributed by atoms with E-state index in [4.69, 9.17) is 27.9 Å². The van der Waals surface area contributed by atoms with E-state index >= 15 is 0 Å². The summed E-state index contributed by atoms with van der Waals surface area (Å²) in [4.78, 5) is 59.9. The van der Waals surface area contributed by atoms with Crippen LogP contribution in [0, 0.1) is 17.2 Å². The second-order valence-corrected chi connectivity index (χ2v) is 11.4. The van der Waals surface area contributed by atoms with E-state index < -0.39 is 29.3 Å². The number of nitrogens with zero attached hydrogens (tertiary/aromatic N) is 5. The van der Waals surface area contributed by atoms with Gasteiger partial charge in [0.2, 0.25) is 0 Å². The van der Waals surface area contributed by atoms with Crippen LogP contribution in [0.4, 0.5) is 15.3 Å². The number of piperidine rings is 1. The molecule has 10 nitrogen and oxygen atoms in total. The van der Waals surface area contributed by atoms with Gasteiger partial charge in [-0.25, -0.2) is 14.5 Å². The summed E-state index contributed by atoms with van der Waals surface area (Å²) < 4.78 is 5.19. The Hall–Kier alpha value is -3.81. The summed E-state index contributed by atoms with van der Waals surface area (Å²) in [5.41, 5.74) is -0.0323. The highest BCUT2D eigenvalue weighted by molar-refractivity contribution is 6.35. The van der Waals surface area contributed by atoms with Crippen LogP contribution in [0.15, 0.2) is 42.5 Å². The van der Waals surface area contributed by atoms with E-state index in [-0.39, 0.29) is 54.0 Å². The van der Waals surface area contributed by atoms with Crippen molar-refractivity contribution >= 4 is 52.8 Å². The van der Waals surface area contributed by atoms with Crippen LogP contribution in [0.25, 0.3) is 0 Å². The molecule has 0 N–H and O–H groups in total. The molecule has 5 rings (SSSR count). The number of carbonyl (C=O) groups excluding carboxylic acids is 4. The number of halogens is 2. The minimum Gasteiger partial charge on any atom is -0.466 e. The molecule has 2 aromatic rings. The molecule has 3 unspecified atom stereocenters. The number of ether oxygens (including phenoxy) is 1. The van der Waals surface area contributed by atoms with Gasteiger partial charge in [0, 0.05) is 42.6 Å². The minimum absolute atomic E-state index is 0.0526. The number of urea groups is 2. The fraction of sp³-hybridized carbons (Fsp3) is 0.414. The zero-order valence-electron chi connectivity index (χ0n) is 22.7. The predicted molar refractivity (Wildman–Crippen MR) is 152 cm³/mol. The maximum absolute atomic E-state index is 14.4. The second kappa shape index (κ2) is 11.2. The molecule has 3 aliphatic rings. The molecule has 3 aliphatic heterocycles. The van der Waals surface area contributed by atoms with Crippen LogP contribution >= 0.6 is 23.2 Å². The van der Waals surface area contributed by atoms with Crippen molar-refractivity contribution in [2.45, 2.75) is 31.2 Å². The van der Waals surface area contributed by atoms with E-state index in [1.165, 1.54) is 23.1 Å². The number of likely N-dealkylation sites (tertiary alicyclic amines) is 2. The van der Waals surface area contributed by atoms with E-state index in [1.54, 1.807) is 48.0 Å². The van der Waals surface area contributed by atoms with Crippen LogP contribution in [-0.2, 0) is 14.3 Å². The first-order chi connectivity index (χ1) is 19.6. The number of benzene rings is 2. The fourth-order valence-corrected chi connectivity index (χ4v) is 6.67. The number of esters is 1. The lowest BCUT2D eigenvalue weighted by Crippen LogP contribution is -2.55. The number of imide groups is 1. The number of nitriles is 1. The van der Waals surface area contributed by atoms with Gasteiger partial charge in [-0.15, -0.1) is 0 Å². The van der Waals surface area contributed by atoms with Crippen molar-refractivity contribution in [3.63, 3.8) is 0 Å². The van der Waals surface area contributed by atoms with E-state index in [0.29, 0.717) is 30.5 Å². The molecule has 1 spiro atoms. The third-order valence-corrected chi connectivity index (χ3v) is 8.63. The fourth-order valence-electron chi connectivity index (χ4n) is 6.15. The van der Waals surface area contributed by atoms with Crippen molar-refractivity contribution in [1.29, 1.82) is 5.26 Å². The highest BCUT2D eigenvalue weighted by Gasteiger charge is 2.65. The molecule has 3 atom stereocenters. The summed E-state index contributed by atoms with van der Waals surface area (Å²) in [7, 11) is 1.55. The molecule has 0 radical (unpaired) electrons. The highest BCUT2D eigenvalue weighted by atomic mass is 35.5. The van der Waals surface area contributed by atoms with Crippen LogP contribution in [0.5, 0.6) is 0 Å². The Morgan fingerprint density at radius 3 is 2.39 bits per heavy atom. The SMILES string of the molecule is CCOC(=O)C1CCCN(C(=O)N2CC(c3ccc(C#N)cc3)C3(C2)C(=O)N(c2cc(Cl)cc(Cl)c2)C(=O)N3C)C1. The molecular weight excluding hydrogens is 569 g/mol. The molecule has 5 amide bonds. The Morgan fingerprint density at radius 1 is 1.07 bits per heavy atom. The molecule has 0 aliphatic carbocycles. The maximum atomic E-state index is 14.4. The summed E-state index contributed by atoms with van der Waals surface area (Å²) in [6, 6.07) is 12.5. The van der Waals surface area contributed by atoms with Crippen molar-refractivity contribution in [2.24, 2.45) is 5.92 Å². The molecule has 214 valence electrons. The lowest BCUT2D eigenvalue weighted by molar-refractivity contribution is -0.149. The summed E-state index contributed by atoms with van der Waals surface area (Å²) in [5, 5.41) is 9.84. The first kappa shape index (κ1) is 28.7. The summed E-state index contributed by atoms with van der Waals surface area (Å²) in [6.07, 6.45) is 1.28. The van der Waals surface area contributed by atoms with Gasteiger partial charge in [-0.2, -0.15) is 5.26 Å². The largest absolute Gasteiger partial charge is 0.466 e. The average molecular weight is 598 g/mol. The molecular formula is C29H29Cl2N5O5. The Kier molecular flexibility index (Phi) is 7.86. The summed E-state index contributed by atoms with van der Waals surface area (Å²) >= 11 is 12.4. The third kappa shape index (κ3) is 4.98. The smallest absolute Gasteiger partial charge is 0.332 e. The number of rotatable bonds is 4. The second-order valence-electron chi connectivity index (χ2n) is 10.5. The topological polar surface area (TPSA) is 114 Å². The number of anilines is 1. The Labute approximate surface area is 247 Å². The average Bonchev–Trinajstić information content (AvgIpc) is 3.45. The first-order valence-electron chi connectivity index (χ1n) is 13.4. The van der Waals surface area contributed by atoms with Crippen LogP contribution in [-0.4, -0.2) is 84.0 Å².